The average Bonchev–Trinajstić information content (AvgIpc) is 2.99. The van der Waals surface area contributed by atoms with E-state index in [1.165, 1.54) is 25.3 Å². The van der Waals surface area contributed by atoms with Gasteiger partial charge in [-0.15, -0.1) is 0 Å². The fourth-order valence-corrected chi connectivity index (χ4v) is 4.50. The van der Waals surface area contributed by atoms with E-state index in [1.807, 2.05) is 44.2 Å². The van der Waals surface area contributed by atoms with E-state index in [9.17, 15) is 13.2 Å². The van der Waals surface area contributed by atoms with Gasteiger partial charge in [0, 0.05) is 17.8 Å². The lowest BCUT2D eigenvalue weighted by Crippen LogP contribution is -2.24. The van der Waals surface area contributed by atoms with Gasteiger partial charge in [0.1, 0.15) is 4.90 Å². The number of carbonyl (C=O) groups is 1. The largest absolute Gasteiger partial charge is 0.465 e. The first-order chi connectivity index (χ1) is 13.7. The Morgan fingerprint density at radius 1 is 1.17 bits per heavy atom. The molecule has 0 atom stereocenters. The Morgan fingerprint density at radius 3 is 2.48 bits per heavy atom. The Labute approximate surface area is 174 Å². The number of hydrogen-bond donors (Lipinski definition) is 1. The van der Waals surface area contributed by atoms with Crippen LogP contribution in [0.25, 0.3) is 5.69 Å². The summed E-state index contributed by atoms with van der Waals surface area (Å²) < 4.78 is 34.4. The van der Waals surface area contributed by atoms with E-state index >= 15 is 0 Å². The summed E-state index contributed by atoms with van der Waals surface area (Å²) in [6.07, 6.45) is 0. The fourth-order valence-electron chi connectivity index (χ4n) is 2.96. The fraction of sp³-hybridized carbons (Fsp3) is 0.200. The number of para-hydroxylation sites is 1. The molecule has 0 saturated heterocycles. The number of ether oxygens (including phenoxy) is 1. The van der Waals surface area contributed by atoms with Gasteiger partial charge in [-0.2, -0.15) is 5.10 Å². The summed E-state index contributed by atoms with van der Waals surface area (Å²) in [5, 5.41) is 4.45. The van der Waals surface area contributed by atoms with Crippen molar-refractivity contribution < 1.29 is 17.9 Å². The van der Waals surface area contributed by atoms with Crippen LogP contribution in [0.4, 0.5) is 0 Å². The second-order valence-electron chi connectivity index (χ2n) is 6.36. The molecule has 3 aromatic rings. The predicted molar refractivity (Wildman–Crippen MR) is 110 cm³/mol. The minimum atomic E-state index is -3.90. The maximum atomic E-state index is 12.7. The van der Waals surface area contributed by atoms with Crippen LogP contribution in [-0.4, -0.2) is 31.3 Å². The Kier molecular flexibility index (Phi) is 6.07. The molecule has 9 heteroatoms. The zero-order valence-electron chi connectivity index (χ0n) is 16.1. The van der Waals surface area contributed by atoms with Gasteiger partial charge in [-0.1, -0.05) is 29.8 Å². The van der Waals surface area contributed by atoms with Crippen molar-refractivity contribution >= 4 is 27.6 Å². The van der Waals surface area contributed by atoms with Gasteiger partial charge in [0.2, 0.25) is 10.0 Å². The maximum Gasteiger partial charge on any atom is 0.337 e. The second-order valence-corrected chi connectivity index (χ2v) is 8.50. The highest BCUT2D eigenvalue weighted by molar-refractivity contribution is 7.89. The number of methoxy groups -OCH3 is 1. The zero-order chi connectivity index (χ0) is 21.2. The molecule has 3 rings (SSSR count). The van der Waals surface area contributed by atoms with Gasteiger partial charge in [-0.05, 0) is 44.2 Å². The molecule has 29 heavy (non-hydrogen) atoms. The van der Waals surface area contributed by atoms with Gasteiger partial charge in [0.15, 0.2) is 0 Å². The number of nitrogens with zero attached hydrogens (tertiary/aromatic N) is 2. The number of nitrogens with one attached hydrogen (secondary N) is 1. The molecular formula is C20H20ClN3O4S. The molecule has 1 aromatic heterocycles. The Morgan fingerprint density at radius 2 is 1.86 bits per heavy atom. The molecule has 0 aliphatic carbocycles. The first-order valence-corrected chi connectivity index (χ1v) is 10.6. The highest BCUT2D eigenvalue weighted by Crippen LogP contribution is 2.24. The summed E-state index contributed by atoms with van der Waals surface area (Å²) in [7, 11) is -2.66. The molecule has 0 unspecified atom stereocenters. The third kappa shape index (κ3) is 4.34. The maximum absolute atomic E-state index is 12.7. The lowest BCUT2D eigenvalue weighted by atomic mass is 10.2. The van der Waals surface area contributed by atoms with Crippen LogP contribution in [0.3, 0.4) is 0 Å². The first-order valence-electron chi connectivity index (χ1n) is 8.72. The molecule has 0 fully saturated rings. The Balaban J connectivity index is 1.85. The van der Waals surface area contributed by atoms with Crippen LogP contribution in [0.15, 0.2) is 53.4 Å². The number of sulfonamides is 1. The van der Waals surface area contributed by atoms with Crippen LogP contribution in [0, 0.1) is 13.8 Å². The molecule has 7 nitrogen and oxygen atoms in total. The summed E-state index contributed by atoms with van der Waals surface area (Å²) in [6, 6.07) is 13.5. The summed E-state index contributed by atoms with van der Waals surface area (Å²) in [6.45, 7) is 3.77. The molecule has 0 bridgehead atoms. The van der Waals surface area contributed by atoms with E-state index in [0.29, 0.717) is 0 Å². The third-order valence-electron chi connectivity index (χ3n) is 4.52. The van der Waals surface area contributed by atoms with Crippen molar-refractivity contribution in [2.75, 3.05) is 7.11 Å². The number of halogens is 1. The summed E-state index contributed by atoms with van der Waals surface area (Å²) >= 11 is 6.10. The zero-order valence-corrected chi connectivity index (χ0v) is 17.7. The molecule has 0 amide bonds. The van der Waals surface area contributed by atoms with E-state index in [2.05, 4.69) is 14.6 Å². The SMILES string of the molecule is COC(=O)c1ccc(S(=O)(=O)NCc2c(C)nn(-c3ccccc3)c2C)c(Cl)c1. The minimum Gasteiger partial charge on any atom is -0.465 e. The second kappa shape index (κ2) is 8.36. The quantitative estimate of drug-likeness (QED) is 0.601. The van der Waals surface area contributed by atoms with E-state index in [4.69, 9.17) is 11.6 Å². The van der Waals surface area contributed by atoms with Crippen LogP contribution in [0.2, 0.25) is 5.02 Å². The number of esters is 1. The van der Waals surface area contributed by atoms with E-state index in [-0.39, 0.29) is 22.0 Å². The minimum absolute atomic E-state index is 0.0575. The third-order valence-corrected chi connectivity index (χ3v) is 6.41. The number of rotatable bonds is 6. The summed E-state index contributed by atoms with van der Waals surface area (Å²) in [4.78, 5) is 11.5. The molecule has 0 aliphatic rings. The molecule has 0 spiro atoms. The molecule has 0 aliphatic heterocycles. The number of carbonyl (C=O) groups excluding carboxylic acids is 1. The van der Waals surface area contributed by atoms with Crippen molar-refractivity contribution in [3.8, 4) is 5.69 Å². The van der Waals surface area contributed by atoms with Crippen LogP contribution in [0.1, 0.15) is 27.3 Å². The smallest absolute Gasteiger partial charge is 0.337 e. The van der Waals surface area contributed by atoms with Gasteiger partial charge in [-0.3, -0.25) is 0 Å². The molecule has 0 radical (unpaired) electrons. The number of hydrogen-bond acceptors (Lipinski definition) is 5. The van der Waals surface area contributed by atoms with Gasteiger partial charge >= 0.3 is 5.97 Å². The molecular weight excluding hydrogens is 414 g/mol. The van der Waals surface area contributed by atoms with Crippen molar-refractivity contribution in [1.29, 1.82) is 0 Å². The van der Waals surface area contributed by atoms with Gasteiger partial charge < -0.3 is 4.74 Å². The lowest BCUT2D eigenvalue weighted by molar-refractivity contribution is 0.0600. The lowest BCUT2D eigenvalue weighted by Gasteiger charge is -2.10. The van der Waals surface area contributed by atoms with Gasteiger partial charge in [-0.25, -0.2) is 22.6 Å². The topological polar surface area (TPSA) is 90.3 Å². The number of aryl methyl sites for hydroxylation is 1. The van der Waals surface area contributed by atoms with Gasteiger partial charge in [0.05, 0.1) is 29.1 Å². The van der Waals surface area contributed by atoms with Crippen molar-refractivity contribution in [2.24, 2.45) is 0 Å². The molecule has 2 aromatic carbocycles. The molecule has 152 valence electrons. The number of aromatic nitrogens is 2. The average molecular weight is 434 g/mol. The monoisotopic (exact) mass is 433 g/mol. The summed E-state index contributed by atoms with van der Waals surface area (Å²) in [5.74, 6) is -0.594. The van der Waals surface area contributed by atoms with Crippen LogP contribution < -0.4 is 4.72 Å². The van der Waals surface area contributed by atoms with E-state index < -0.39 is 16.0 Å². The Hall–Kier alpha value is -2.68. The van der Waals surface area contributed by atoms with Crippen LogP contribution in [0.5, 0.6) is 0 Å². The van der Waals surface area contributed by atoms with E-state index in [1.54, 1.807) is 4.68 Å². The first kappa shape index (κ1) is 21.0. The van der Waals surface area contributed by atoms with Gasteiger partial charge in [0.25, 0.3) is 0 Å². The highest BCUT2D eigenvalue weighted by Gasteiger charge is 2.21. The van der Waals surface area contributed by atoms with Crippen molar-refractivity contribution in [3.63, 3.8) is 0 Å². The van der Waals surface area contributed by atoms with Crippen molar-refractivity contribution in [1.82, 2.24) is 14.5 Å². The van der Waals surface area contributed by atoms with E-state index in [0.717, 1.165) is 22.6 Å². The Bertz CT molecular complexity index is 1160. The van der Waals surface area contributed by atoms with Crippen LogP contribution in [-0.2, 0) is 21.3 Å². The standard InChI is InChI=1S/C20H20ClN3O4S/c1-13-17(14(2)24(23-13)16-7-5-4-6-8-16)12-22-29(26,27)19-10-9-15(11-18(19)21)20(25)28-3/h4-11,22H,12H2,1-3H3. The van der Waals surface area contributed by atoms with Crippen molar-refractivity contribution in [2.45, 2.75) is 25.3 Å². The van der Waals surface area contributed by atoms with Crippen LogP contribution >= 0.6 is 11.6 Å². The number of benzene rings is 2. The van der Waals surface area contributed by atoms with Crippen molar-refractivity contribution in [3.05, 3.63) is 76.1 Å². The molecule has 1 heterocycles. The summed E-state index contributed by atoms with van der Waals surface area (Å²) in [5.41, 5.74) is 3.40. The highest BCUT2D eigenvalue weighted by atomic mass is 35.5. The normalized spacial score (nSPS) is 11.4. The predicted octanol–water partition coefficient (Wildman–Crippen LogP) is 3.41. The molecule has 0 saturated carbocycles. The molecule has 1 N–H and O–H groups in total.